The van der Waals surface area contributed by atoms with E-state index >= 15 is 0 Å². The molecule has 0 spiro atoms. The van der Waals surface area contributed by atoms with Crippen molar-refractivity contribution in [3.63, 3.8) is 0 Å². The van der Waals surface area contributed by atoms with Crippen molar-refractivity contribution in [2.45, 2.75) is 38.8 Å². The minimum atomic E-state index is -0.665. The summed E-state index contributed by atoms with van der Waals surface area (Å²) in [5.74, 6) is 0. The molecule has 0 aromatic rings. The van der Waals surface area contributed by atoms with Crippen molar-refractivity contribution in [2.24, 2.45) is 0 Å². The normalized spacial score (nSPS) is 19.9. The van der Waals surface area contributed by atoms with Gasteiger partial charge in [-0.25, -0.2) is 19.6 Å². The fourth-order valence-electron chi connectivity index (χ4n) is 1.71. The maximum Gasteiger partial charge on any atom is 0.429 e. The molecule has 1 saturated heterocycles. The highest BCUT2D eigenvalue weighted by atomic mass is 16.6. The van der Waals surface area contributed by atoms with Gasteiger partial charge in [-0.3, -0.25) is 0 Å². The molecular weight excluding hydrogens is 240 g/mol. The number of amides is 2. The van der Waals surface area contributed by atoms with Crippen molar-refractivity contribution in [2.75, 3.05) is 20.3 Å². The van der Waals surface area contributed by atoms with Crippen LogP contribution in [0.4, 0.5) is 9.59 Å². The molecule has 1 heterocycles. The van der Waals surface area contributed by atoms with E-state index in [1.165, 1.54) is 7.11 Å². The van der Waals surface area contributed by atoms with Crippen LogP contribution >= 0.6 is 0 Å². The second kappa shape index (κ2) is 5.43. The number of nitrogens with zero attached hydrogens (tertiary/aromatic N) is 2. The Morgan fingerprint density at radius 3 is 2.39 bits per heavy atom. The van der Waals surface area contributed by atoms with Crippen molar-refractivity contribution in [1.29, 1.82) is 0 Å². The number of rotatable bonds is 1. The predicted octanol–water partition coefficient (Wildman–Crippen LogP) is 0.971. The van der Waals surface area contributed by atoms with E-state index in [-0.39, 0.29) is 6.61 Å². The number of aliphatic hydroxyl groups is 1. The third-order valence-corrected chi connectivity index (χ3v) is 2.46. The number of methoxy groups -OCH3 is 1. The Labute approximate surface area is 106 Å². The summed E-state index contributed by atoms with van der Waals surface area (Å²) in [6.07, 6.45) is -0.813. The molecule has 0 saturated carbocycles. The average molecular weight is 260 g/mol. The number of hydrogen-bond donors (Lipinski definition) is 1. The lowest BCUT2D eigenvalue weighted by Gasteiger charge is -2.32. The van der Waals surface area contributed by atoms with E-state index in [1.807, 2.05) is 0 Å². The van der Waals surface area contributed by atoms with Crippen LogP contribution in [0.1, 0.15) is 27.2 Å². The van der Waals surface area contributed by atoms with Gasteiger partial charge in [0.05, 0.1) is 19.8 Å². The molecule has 0 unspecified atom stereocenters. The van der Waals surface area contributed by atoms with Crippen LogP contribution in [0.5, 0.6) is 0 Å². The Morgan fingerprint density at radius 2 is 1.94 bits per heavy atom. The molecular formula is C11H20N2O5. The highest BCUT2D eigenvalue weighted by Gasteiger charge is 2.40. The van der Waals surface area contributed by atoms with Crippen LogP contribution in [-0.2, 0) is 9.47 Å². The fraction of sp³-hybridized carbons (Fsp3) is 0.818. The Morgan fingerprint density at radius 1 is 1.33 bits per heavy atom. The smallest absolute Gasteiger partial charge is 0.429 e. The first-order valence-electron chi connectivity index (χ1n) is 5.78. The molecule has 0 aliphatic carbocycles. The SMILES string of the molecule is COC(=O)N1CC[C@@H](CO)N1C(=O)OC(C)(C)C. The summed E-state index contributed by atoms with van der Waals surface area (Å²) in [4.78, 5) is 23.5. The summed E-state index contributed by atoms with van der Waals surface area (Å²) in [5, 5.41) is 11.5. The Hall–Kier alpha value is -1.50. The molecule has 7 heteroatoms. The maximum atomic E-state index is 12.0. The third-order valence-electron chi connectivity index (χ3n) is 2.46. The van der Waals surface area contributed by atoms with E-state index in [0.29, 0.717) is 13.0 Å². The van der Waals surface area contributed by atoms with Crippen LogP contribution in [0.15, 0.2) is 0 Å². The van der Waals surface area contributed by atoms with E-state index in [4.69, 9.17) is 4.74 Å². The highest BCUT2D eigenvalue weighted by molar-refractivity contribution is 5.75. The van der Waals surface area contributed by atoms with Gasteiger partial charge in [0.1, 0.15) is 5.60 Å². The standard InChI is InChI=1S/C11H20N2O5/c1-11(2,3)18-10(16)13-8(7-14)5-6-12(13)9(15)17-4/h8,14H,5-7H2,1-4H3/t8-/m0/s1. The van der Waals surface area contributed by atoms with Gasteiger partial charge in [-0.2, -0.15) is 0 Å². The van der Waals surface area contributed by atoms with Gasteiger partial charge in [0, 0.05) is 6.54 Å². The molecule has 1 aliphatic rings. The first-order chi connectivity index (χ1) is 8.30. The largest absolute Gasteiger partial charge is 0.452 e. The maximum absolute atomic E-state index is 12.0. The van der Waals surface area contributed by atoms with Crippen LogP contribution in [0.2, 0.25) is 0 Å². The summed E-state index contributed by atoms with van der Waals surface area (Å²) in [6.45, 7) is 5.29. The van der Waals surface area contributed by atoms with Crippen molar-refractivity contribution in [3.05, 3.63) is 0 Å². The lowest BCUT2D eigenvalue weighted by molar-refractivity contribution is -0.0417. The molecule has 0 bridgehead atoms. The molecule has 1 aliphatic heterocycles. The van der Waals surface area contributed by atoms with E-state index in [0.717, 1.165) is 10.0 Å². The lowest BCUT2D eigenvalue weighted by atomic mass is 10.2. The molecule has 1 fully saturated rings. The van der Waals surface area contributed by atoms with Gasteiger partial charge in [0.15, 0.2) is 0 Å². The second-order valence-corrected chi connectivity index (χ2v) is 5.04. The number of carbonyl (C=O) groups is 2. The Bertz CT molecular complexity index is 326. The molecule has 18 heavy (non-hydrogen) atoms. The van der Waals surface area contributed by atoms with Gasteiger partial charge in [-0.15, -0.1) is 0 Å². The summed E-state index contributed by atoms with van der Waals surface area (Å²) in [7, 11) is 1.24. The van der Waals surface area contributed by atoms with Crippen molar-refractivity contribution >= 4 is 12.2 Å². The molecule has 1 N–H and O–H groups in total. The van der Waals surface area contributed by atoms with Crippen LogP contribution in [-0.4, -0.2) is 59.2 Å². The van der Waals surface area contributed by atoms with Crippen LogP contribution in [0.3, 0.4) is 0 Å². The number of aliphatic hydroxyl groups excluding tert-OH is 1. The van der Waals surface area contributed by atoms with Crippen LogP contribution in [0, 0.1) is 0 Å². The van der Waals surface area contributed by atoms with Crippen molar-refractivity contribution in [1.82, 2.24) is 10.0 Å². The quantitative estimate of drug-likeness (QED) is 0.760. The molecule has 104 valence electrons. The van der Waals surface area contributed by atoms with E-state index in [9.17, 15) is 14.7 Å². The number of carbonyl (C=O) groups excluding carboxylic acids is 2. The molecule has 0 radical (unpaired) electrons. The first kappa shape index (κ1) is 14.6. The Balaban J connectivity index is 2.84. The van der Waals surface area contributed by atoms with Crippen LogP contribution < -0.4 is 0 Å². The van der Waals surface area contributed by atoms with E-state index < -0.39 is 23.8 Å². The molecule has 0 aromatic carbocycles. The van der Waals surface area contributed by atoms with E-state index in [2.05, 4.69) is 4.74 Å². The number of ether oxygens (including phenoxy) is 2. The zero-order chi connectivity index (χ0) is 13.9. The number of hydrazine groups is 1. The van der Waals surface area contributed by atoms with Crippen molar-refractivity contribution in [3.8, 4) is 0 Å². The minimum absolute atomic E-state index is 0.229. The fourth-order valence-corrected chi connectivity index (χ4v) is 1.71. The topological polar surface area (TPSA) is 79.3 Å². The Kier molecular flexibility index (Phi) is 4.39. The van der Waals surface area contributed by atoms with Gasteiger partial charge < -0.3 is 14.6 Å². The number of hydrogen-bond acceptors (Lipinski definition) is 5. The molecule has 7 nitrogen and oxygen atoms in total. The average Bonchev–Trinajstić information content (AvgIpc) is 2.69. The third kappa shape index (κ3) is 3.25. The van der Waals surface area contributed by atoms with Gasteiger partial charge >= 0.3 is 12.2 Å². The summed E-state index contributed by atoms with van der Waals surface area (Å²) >= 11 is 0. The molecule has 2 amide bonds. The summed E-state index contributed by atoms with van der Waals surface area (Å²) < 4.78 is 9.80. The monoisotopic (exact) mass is 260 g/mol. The van der Waals surface area contributed by atoms with Gasteiger partial charge in [-0.05, 0) is 27.2 Å². The lowest BCUT2D eigenvalue weighted by Crippen LogP contribution is -2.50. The van der Waals surface area contributed by atoms with Crippen molar-refractivity contribution < 1.29 is 24.2 Å². The molecule has 1 rings (SSSR count). The van der Waals surface area contributed by atoms with Gasteiger partial charge in [0.25, 0.3) is 0 Å². The van der Waals surface area contributed by atoms with Crippen LogP contribution in [0.25, 0.3) is 0 Å². The predicted molar refractivity (Wildman–Crippen MR) is 62.7 cm³/mol. The zero-order valence-electron chi connectivity index (χ0n) is 11.2. The molecule has 1 atom stereocenters. The zero-order valence-corrected chi connectivity index (χ0v) is 11.2. The first-order valence-corrected chi connectivity index (χ1v) is 5.78. The molecule has 0 aromatic heterocycles. The summed E-state index contributed by atoms with van der Waals surface area (Å²) in [5.41, 5.74) is -0.665. The van der Waals surface area contributed by atoms with E-state index in [1.54, 1.807) is 20.8 Å². The second-order valence-electron chi connectivity index (χ2n) is 5.04. The van der Waals surface area contributed by atoms with Gasteiger partial charge in [-0.1, -0.05) is 0 Å². The highest BCUT2D eigenvalue weighted by Crippen LogP contribution is 2.22. The minimum Gasteiger partial charge on any atom is -0.452 e. The summed E-state index contributed by atoms with van der Waals surface area (Å²) in [6, 6.07) is -0.459. The van der Waals surface area contributed by atoms with Gasteiger partial charge in [0.2, 0.25) is 0 Å².